The highest BCUT2D eigenvalue weighted by molar-refractivity contribution is 7.90. The lowest BCUT2D eigenvalue weighted by molar-refractivity contribution is -0.132. The van der Waals surface area contributed by atoms with Gasteiger partial charge in [0.1, 0.15) is 11.7 Å². The number of ketones is 2. The molecule has 1 fully saturated rings. The summed E-state index contributed by atoms with van der Waals surface area (Å²) in [5, 5.41) is 0. The second-order valence-corrected chi connectivity index (χ2v) is 9.31. The molecule has 0 N–H and O–H groups in total. The molecule has 1 aliphatic heterocycles. The molecule has 0 saturated carbocycles. The molecule has 1 saturated heterocycles. The van der Waals surface area contributed by atoms with Crippen LogP contribution in [0, 0.1) is 5.92 Å². The van der Waals surface area contributed by atoms with Gasteiger partial charge in [-0.15, -0.1) is 0 Å². The number of hydrogen-bond donors (Lipinski definition) is 0. The normalized spacial score (nSPS) is 16.5. The zero-order valence-electron chi connectivity index (χ0n) is 16.4. The molecule has 3 rings (SSSR count). The standard InChI is InChI=1S/C22H23NO5S/c1-15(24)20(22(26)17-7-4-3-5-8-17)21(23-14-6-9-19(23)25)16-10-12-18(13-11-16)29(2,27)28/h3-5,7-8,10-13,20-21H,6,9,14H2,1-2H3. The SMILES string of the molecule is CC(=O)C(C(=O)c1ccccc1)C(c1ccc(S(C)(=O)=O)cc1)N1CCCC1=O. The molecular formula is C22H23NO5S. The number of likely N-dealkylation sites (tertiary alicyclic amines) is 1. The number of nitrogens with zero attached hydrogens (tertiary/aromatic N) is 1. The molecule has 2 unspecified atom stereocenters. The molecule has 0 bridgehead atoms. The highest BCUT2D eigenvalue weighted by atomic mass is 32.2. The zero-order valence-corrected chi connectivity index (χ0v) is 17.2. The van der Waals surface area contributed by atoms with Crippen LogP contribution in [-0.2, 0) is 19.4 Å². The van der Waals surface area contributed by atoms with Gasteiger partial charge in [-0.05, 0) is 31.0 Å². The Hall–Kier alpha value is -2.80. The van der Waals surface area contributed by atoms with Crippen LogP contribution in [0.2, 0.25) is 0 Å². The van der Waals surface area contributed by atoms with Crippen molar-refractivity contribution in [1.29, 1.82) is 0 Å². The van der Waals surface area contributed by atoms with Crippen LogP contribution in [0.25, 0.3) is 0 Å². The second kappa shape index (κ2) is 8.29. The van der Waals surface area contributed by atoms with Crippen LogP contribution in [0.3, 0.4) is 0 Å². The van der Waals surface area contributed by atoms with Crippen molar-refractivity contribution >= 4 is 27.3 Å². The van der Waals surface area contributed by atoms with Crippen LogP contribution >= 0.6 is 0 Å². The van der Waals surface area contributed by atoms with E-state index in [1.54, 1.807) is 47.4 Å². The molecule has 0 aromatic heterocycles. The van der Waals surface area contributed by atoms with Gasteiger partial charge in [-0.3, -0.25) is 14.4 Å². The quantitative estimate of drug-likeness (QED) is 0.514. The molecular weight excluding hydrogens is 390 g/mol. The molecule has 2 aromatic rings. The molecule has 7 heteroatoms. The van der Waals surface area contributed by atoms with E-state index in [1.807, 2.05) is 0 Å². The van der Waals surface area contributed by atoms with Crippen molar-refractivity contribution in [3.8, 4) is 0 Å². The van der Waals surface area contributed by atoms with Gasteiger partial charge in [-0.25, -0.2) is 8.42 Å². The van der Waals surface area contributed by atoms with Crippen molar-refractivity contribution in [3.63, 3.8) is 0 Å². The maximum Gasteiger partial charge on any atom is 0.223 e. The molecule has 1 amide bonds. The minimum atomic E-state index is -3.39. The summed E-state index contributed by atoms with van der Waals surface area (Å²) in [6, 6.07) is 13.8. The number of Topliss-reactive ketones (excluding diaryl/α,β-unsaturated/α-hetero) is 2. The number of carbonyl (C=O) groups excluding carboxylic acids is 3. The van der Waals surface area contributed by atoms with Gasteiger partial charge in [0.25, 0.3) is 0 Å². The van der Waals surface area contributed by atoms with Crippen molar-refractivity contribution in [2.45, 2.75) is 30.7 Å². The van der Waals surface area contributed by atoms with E-state index < -0.39 is 21.8 Å². The van der Waals surface area contributed by atoms with Gasteiger partial charge >= 0.3 is 0 Å². The summed E-state index contributed by atoms with van der Waals surface area (Å²) in [6.45, 7) is 1.80. The smallest absolute Gasteiger partial charge is 0.223 e. The first-order valence-corrected chi connectivity index (χ1v) is 11.3. The minimum absolute atomic E-state index is 0.116. The van der Waals surface area contributed by atoms with Gasteiger partial charge in [0.2, 0.25) is 5.91 Å². The third-order valence-corrected chi connectivity index (χ3v) is 6.32. The lowest BCUT2D eigenvalue weighted by Crippen LogP contribution is -2.41. The average Bonchev–Trinajstić information content (AvgIpc) is 3.11. The van der Waals surface area contributed by atoms with Crippen LogP contribution in [0.1, 0.15) is 41.7 Å². The van der Waals surface area contributed by atoms with Crippen molar-refractivity contribution < 1.29 is 22.8 Å². The molecule has 0 aliphatic carbocycles. The molecule has 2 aromatic carbocycles. The Morgan fingerprint density at radius 2 is 1.62 bits per heavy atom. The molecule has 1 heterocycles. The Morgan fingerprint density at radius 3 is 2.10 bits per heavy atom. The lowest BCUT2D eigenvalue weighted by Gasteiger charge is -2.33. The second-order valence-electron chi connectivity index (χ2n) is 7.30. The van der Waals surface area contributed by atoms with E-state index in [2.05, 4.69) is 0 Å². The third-order valence-electron chi connectivity index (χ3n) is 5.19. The first kappa shape index (κ1) is 20.9. The number of amides is 1. The predicted octanol–water partition coefficient (Wildman–Crippen LogP) is 2.84. The number of sulfone groups is 1. The summed E-state index contributed by atoms with van der Waals surface area (Å²) in [5.74, 6) is -1.87. The highest BCUT2D eigenvalue weighted by Gasteiger charge is 2.41. The van der Waals surface area contributed by atoms with Crippen molar-refractivity contribution in [2.75, 3.05) is 12.8 Å². The molecule has 1 aliphatic rings. The number of rotatable bonds is 7. The van der Waals surface area contributed by atoms with Crippen LogP contribution in [0.15, 0.2) is 59.5 Å². The van der Waals surface area contributed by atoms with Gasteiger partial charge < -0.3 is 4.90 Å². The Kier molecular flexibility index (Phi) is 5.98. The van der Waals surface area contributed by atoms with Crippen LogP contribution in [0.5, 0.6) is 0 Å². The maximum atomic E-state index is 13.2. The highest BCUT2D eigenvalue weighted by Crippen LogP contribution is 2.35. The van der Waals surface area contributed by atoms with E-state index in [9.17, 15) is 22.8 Å². The largest absolute Gasteiger partial charge is 0.334 e. The van der Waals surface area contributed by atoms with E-state index in [0.29, 0.717) is 30.5 Å². The monoisotopic (exact) mass is 413 g/mol. The van der Waals surface area contributed by atoms with E-state index in [-0.39, 0.29) is 22.4 Å². The summed E-state index contributed by atoms with van der Waals surface area (Å²) in [7, 11) is -3.39. The average molecular weight is 413 g/mol. The summed E-state index contributed by atoms with van der Waals surface area (Å²) < 4.78 is 23.6. The Bertz CT molecular complexity index is 1030. The maximum absolute atomic E-state index is 13.2. The van der Waals surface area contributed by atoms with Crippen LogP contribution < -0.4 is 0 Å². The molecule has 152 valence electrons. The van der Waals surface area contributed by atoms with Gasteiger partial charge in [0.05, 0.1) is 10.9 Å². The molecule has 0 radical (unpaired) electrons. The summed E-state index contributed by atoms with van der Waals surface area (Å²) in [5.41, 5.74) is 0.967. The first-order chi connectivity index (χ1) is 13.7. The van der Waals surface area contributed by atoms with Crippen molar-refractivity contribution in [3.05, 3.63) is 65.7 Å². The minimum Gasteiger partial charge on any atom is -0.334 e. The molecule has 2 atom stereocenters. The molecule has 6 nitrogen and oxygen atoms in total. The lowest BCUT2D eigenvalue weighted by atomic mass is 9.83. The van der Waals surface area contributed by atoms with Gasteiger partial charge in [-0.2, -0.15) is 0 Å². The first-order valence-electron chi connectivity index (χ1n) is 9.39. The number of hydrogen-bond acceptors (Lipinski definition) is 5. The topological polar surface area (TPSA) is 88.6 Å². The van der Waals surface area contributed by atoms with E-state index in [0.717, 1.165) is 6.26 Å². The summed E-state index contributed by atoms with van der Waals surface area (Å²) in [6.07, 6.45) is 2.13. The van der Waals surface area contributed by atoms with E-state index in [4.69, 9.17) is 0 Å². The van der Waals surface area contributed by atoms with Crippen LogP contribution in [-0.4, -0.2) is 43.6 Å². The summed E-state index contributed by atoms with van der Waals surface area (Å²) >= 11 is 0. The summed E-state index contributed by atoms with van der Waals surface area (Å²) in [4.78, 5) is 40.1. The van der Waals surface area contributed by atoms with Crippen molar-refractivity contribution in [1.82, 2.24) is 4.90 Å². The van der Waals surface area contributed by atoms with Crippen LogP contribution in [0.4, 0.5) is 0 Å². The Balaban J connectivity index is 2.09. The van der Waals surface area contributed by atoms with Gasteiger partial charge in [0, 0.05) is 24.8 Å². The predicted molar refractivity (Wildman–Crippen MR) is 108 cm³/mol. The van der Waals surface area contributed by atoms with Crippen molar-refractivity contribution in [2.24, 2.45) is 5.92 Å². The molecule has 0 spiro atoms. The number of benzene rings is 2. The van der Waals surface area contributed by atoms with Gasteiger partial charge in [-0.1, -0.05) is 42.5 Å². The zero-order chi connectivity index (χ0) is 21.2. The Morgan fingerprint density at radius 1 is 1.00 bits per heavy atom. The Labute approximate surface area is 170 Å². The van der Waals surface area contributed by atoms with E-state index in [1.165, 1.54) is 19.1 Å². The fourth-order valence-electron chi connectivity index (χ4n) is 3.76. The fourth-order valence-corrected chi connectivity index (χ4v) is 4.39. The molecule has 29 heavy (non-hydrogen) atoms. The fraction of sp³-hybridized carbons (Fsp3) is 0.318. The van der Waals surface area contributed by atoms with Gasteiger partial charge in [0.15, 0.2) is 15.6 Å². The van der Waals surface area contributed by atoms with E-state index >= 15 is 0 Å². The third kappa shape index (κ3) is 4.45. The number of carbonyl (C=O) groups is 3.